The topological polar surface area (TPSA) is 52.4 Å². The molecule has 0 saturated heterocycles. The van der Waals surface area contributed by atoms with Crippen LogP contribution in [0, 0.1) is 10.1 Å². The first kappa shape index (κ1) is 13.1. The zero-order valence-corrected chi connectivity index (χ0v) is 11.2. The van der Waals surface area contributed by atoms with Gasteiger partial charge in [0, 0.05) is 12.1 Å². The van der Waals surface area contributed by atoms with Gasteiger partial charge in [-0.15, -0.1) is 0 Å². The number of rotatable bonds is 4. The third kappa shape index (κ3) is 3.00. The second-order valence-corrected chi connectivity index (χ2v) is 4.72. The van der Waals surface area contributed by atoms with E-state index in [1.54, 1.807) is 6.07 Å². The minimum Gasteiger partial charge on any atom is -0.489 e. The van der Waals surface area contributed by atoms with Crippen molar-refractivity contribution in [2.24, 2.45) is 0 Å². The van der Waals surface area contributed by atoms with E-state index in [0.29, 0.717) is 6.61 Å². The molecule has 0 aromatic heterocycles. The third-order valence-corrected chi connectivity index (χ3v) is 3.25. The molecule has 3 rings (SSSR count). The van der Waals surface area contributed by atoms with Crippen LogP contribution < -0.4 is 4.74 Å². The standard InChI is InChI=1S/C17H13NO3/c19-18(20)16-7-3-4-13(10-16)12-21-17-9-8-14-5-1-2-6-15(14)11-17/h1-11H,12H2. The molecular formula is C17H13NO3. The molecule has 104 valence electrons. The SMILES string of the molecule is O=[N+]([O-])c1cccc(COc2ccc3ccccc3c2)c1. The average Bonchev–Trinajstić information content (AvgIpc) is 2.53. The lowest BCUT2D eigenvalue weighted by Crippen LogP contribution is -1.96. The van der Waals surface area contributed by atoms with Crippen molar-refractivity contribution in [3.05, 3.63) is 82.4 Å². The molecule has 4 heteroatoms. The Morgan fingerprint density at radius 1 is 0.905 bits per heavy atom. The summed E-state index contributed by atoms with van der Waals surface area (Å²) in [6.45, 7) is 0.306. The Morgan fingerprint density at radius 3 is 2.52 bits per heavy atom. The van der Waals surface area contributed by atoms with Gasteiger partial charge in [0.05, 0.1) is 4.92 Å². The molecule has 21 heavy (non-hydrogen) atoms. The van der Waals surface area contributed by atoms with Crippen molar-refractivity contribution in [3.8, 4) is 5.75 Å². The summed E-state index contributed by atoms with van der Waals surface area (Å²) in [5, 5.41) is 13.0. The van der Waals surface area contributed by atoms with Crippen LogP contribution in [0.3, 0.4) is 0 Å². The lowest BCUT2D eigenvalue weighted by Gasteiger charge is -2.07. The number of hydrogen-bond donors (Lipinski definition) is 0. The van der Waals surface area contributed by atoms with Crippen LogP contribution in [0.2, 0.25) is 0 Å². The highest BCUT2D eigenvalue weighted by Crippen LogP contribution is 2.22. The van der Waals surface area contributed by atoms with E-state index in [-0.39, 0.29) is 5.69 Å². The molecule has 4 nitrogen and oxygen atoms in total. The van der Waals surface area contributed by atoms with Crippen molar-refractivity contribution in [1.82, 2.24) is 0 Å². The zero-order chi connectivity index (χ0) is 14.7. The van der Waals surface area contributed by atoms with Crippen molar-refractivity contribution in [1.29, 1.82) is 0 Å². The van der Waals surface area contributed by atoms with Gasteiger partial charge in [-0.1, -0.05) is 42.5 Å². The Labute approximate surface area is 121 Å². The predicted octanol–water partition coefficient (Wildman–Crippen LogP) is 4.33. The van der Waals surface area contributed by atoms with Crippen LogP contribution in [-0.4, -0.2) is 4.92 Å². The number of nitro benzene ring substituents is 1. The fourth-order valence-corrected chi connectivity index (χ4v) is 2.18. The first-order chi connectivity index (χ1) is 10.2. The Kier molecular flexibility index (Phi) is 3.51. The molecule has 0 aliphatic rings. The Balaban J connectivity index is 1.77. The van der Waals surface area contributed by atoms with Gasteiger partial charge in [0.25, 0.3) is 5.69 Å². The van der Waals surface area contributed by atoms with Crippen molar-refractivity contribution in [3.63, 3.8) is 0 Å². The number of hydrogen-bond acceptors (Lipinski definition) is 3. The van der Waals surface area contributed by atoms with Gasteiger partial charge in [-0.25, -0.2) is 0 Å². The molecule has 0 saturated carbocycles. The highest BCUT2D eigenvalue weighted by atomic mass is 16.6. The van der Waals surface area contributed by atoms with Crippen LogP contribution in [0.5, 0.6) is 5.75 Å². The number of fused-ring (bicyclic) bond motifs is 1. The van der Waals surface area contributed by atoms with E-state index < -0.39 is 4.92 Å². The second kappa shape index (κ2) is 5.63. The quantitative estimate of drug-likeness (QED) is 0.527. The van der Waals surface area contributed by atoms with E-state index in [1.165, 1.54) is 12.1 Å². The molecule has 0 radical (unpaired) electrons. The van der Waals surface area contributed by atoms with Crippen LogP contribution >= 0.6 is 0 Å². The lowest BCUT2D eigenvalue weighted by atomic mass is 10.1. The van der Waals surface area contributed by atoms with Crippen LogP contribution in [0.25, 0.3) is 10.8 Å². The number of ether oxygens (including phenoxy) is 1. The lowest BCUT2D eigenvalue weighted by molar-refractivity contribution is -0.384. The Hall–Kier alpha value is -2.88. The molecule has 0 amide bonds. The highest BCUT2D eigenvalue weighted by molar-refractivity contribution is 5.83. The summed E-state index contributed by atoms with van der Waals surface area (Å²) in [7, 11) is 0. The molecule has 0 fully saturated rings. The van der Waals surface area contributed by atoms with Gasteiger partial charge < -0.3 is 4.74 Å². The van der Waals surface area contributed by atoms with Crippen LogP contribution in [-0.2, 0) is 6.61 Å². The molecule has 0 N–H and O–H groups in total. The predicted molar refractivity (Wildman–Crippen MR) is 81.4 cm³/mol. The fourth-order valence-electron chi connectivity index (χ4n) is 2.18. The molecule has 0 atom stereocenters. The van der Waals surface area contributed by atoms with E-state index in [2.05, 4.69) is 0 Å². The van der Waals surface area contributed by atoms with Gasteiger partial charge in [-0.2, -0.15) is 0 Å². The maximum atomic E-state index is 10.7. The van der Waals surface area contributed by atoms with E-state index in [4.69, 9.17) is 4.74 Å². The summed E-state index contributed by atoms with van der Waals surface area (Å²) < 4.78 is 5.71. The molecule has 0 bridgehead atoms. The van der Waals surface area contributed by atoms with Crippen molar-refractivity contribution < 1.29 is 9.66 Å². The van der Waals surface area contributed by atoms with Gasteiger partial charge in [0.2, 0.25) is 0 Å². The molecule has 0 heterocycles. The summed E-state index contributed by atoms with van der Waals surface area (Å²) in [6, 6.07) is 20.4. The van der Waals surface area contributed by atoms with Crippen LogP contribution in [0.1, 0.15) is 5.56 Å². The minimum atomic E-state index is -0.403. The monoisotopic (exact) mass is 279 g/mol. The summed E-state index contributed by atoms with van der Waals surface area (Å²) in [5.74, 6) is 0.750. The van der Waals surface area contributed by atoms with Crippen molar-refractivity contribution in [2.75, 3.05) is 0 Å². The molecule has 3 aromatic carbocycles. The first-order valence-corrected chi connectivity index (χ1v) is 6.57. The largest absolute Gasteiger partial charge is 0.489 e. The van der Waals surface area contributed by atoms with Gasteiger partial charge in [0.1, 0.15) is 12.4 Å². The van der Waals surface area contributed by atoms with Crippen molar-refractivity contribution >= 4 is 16.5 Å². The number of benzene rings is 3. The highest BCUT2D eigenvalue weighted by Gasteiger charge is 2.06. The minimum absolute atomic E-state index is 0.0783. The first-order valence-electron chi connectivity index (χ1n) is 6.57. The maximum Gasteiger partial charge on any atom is 0.269 e. The molecule has 0 unspecified atom stereocenters. The van der Waals surface area contributed by atoms with E-state index in [0.717, 1.165) is 22.1 Å². The van der Waals surface area contributed by atoms with E-state index in [1.807, 2.05) is 48.5 Å². The molecule has 3 aromatic rings. The Bertz CT molecular complexity index is 799. The number of nitrogens with zero attached hydrogens (tertiary/aromatic N) is 1. The normalized spacial score (nSPS) is 10.5. The van der Waals surface area contributed by atoms with Crippen LogP contribution in [0.15, 0.2) is 66.7 Å². The van der Waals surface area contributed by atoms with Crippen molar-refractivity contribution in [2.45, 2.75) is 6.61 Å². The van der Waals surface area contributed by atoms with Gasteiger partial charge >= 0.3 is 0 Å². The zero-order valence-electron chi connectivity index (χ0n) is 11.2. The summed E-state index contributed by atoms with van der Waals surface area (Å²) >= 11 is 0. The summed E-state index contributed by atoms with van der Waals surface area (Å²) in [4.78, 5) is 10.3. The second-order valence-electron chi connectivity index (χ2n) is 4.72. The number of nitro groups is 1. The smallest absolute Gasteiger partial charge is 0.269 e. The van der Waals surface area contributed by atoms with Crippen LogP contribution in [0.4, 0.5) is 5.69 Å². The Morgan fingerprint density at radius 2 is 1.71 bits per heavy atom. The summed E-state index contributed by atoms with van der Waals surface area (Å²) in [5.41, 5.74) is 0.854. The molecular weight excluding hydrogens is 266 g/mol. The summed E-state index contributed by atoms with van der Waals surface area (Å²) in [6.07, 6.45) is 0. The number of non-ortho nitro benzene ring substituents is 1. The van der Waals surface area contributed by atoms with Gasteiger partial charge in [0.15, 0.2) is 0 Å². The van der Waals surface area contributed by atoms with Gasteiger partial charge in [-0.05, 0) is 28.5 Å². The molecule has 0 aliphatic heterocycles. The third-order valence-electron chi connectivity index (χ3n) is 3.25. The maximum absolute atomic E-state index is 10.7. The average molecular weight is 279 g/mol. The molecule has 0 spiro atoms. The fraction of sp³-hybridized carbons (Fsp3) is 0.0588. The van der Waals surface area contributed by atoms with E-state index in [9.17, 15) is 10.1 Å². The van der Waals surface area contributed by atoms with Gasteiger partial charge in [-0.3, -0.25) is 10.1 Å². The molecule has 0 aliphatic carbocycles. The van der Waals surface area contributed by atoms with E-state index >= 15 is 0 Å².